The maximum absolute atomic E-state index is 13.6. The van der Waals surface area contributed by atoms with Gasteiger partial charge in [0, 0.05) is 50.3 Å². The van der Waals surface area contributed by atoms with E-state index in [2.05, 4.69) is 11.0 Å². The van der Waals surface area contributed by atoms with Crippen LogP contribution in [0.2, 0.25) is 0 Å². The van der Waals surface area contributed by atoms with E-state index in [0.717, 1.165) is 42.9 Å². The number of piperidine rings is 3. The van der Waals surface area contributed by atoms with Gasteiger partial charge >= 0.3 is 0 Å². The first-order valence-electron chi connectivity index (χ1n) is 11.4. The Kier molecular flexibility index (Phi) is 4.96. The van der Waals surface area contributed by atoms with Crippen LogP contribution in [0, 0.1) is 37.0 Å². The molecule has 5 rings (SSSR count). The number of rotatable bonds is 2. The van der Waals surface area contributed by atoms with Crippen molar-refractivity contribution in [3.05, 3.63) is 35.0 Å². The summed E-state index contributed by atoms with van der Waals surface area (Å²) in [7, 11) is 0. The number of aryl methyl sites for hydroxylation is 2. The average molecular weight is 420 g/mol. The lowest BCUT2D eigenvalue weighted by atomic mass is 9.71. The number of pyridine rings is 1. The minimum atomic E-state index is -0.409. The Morgan fingerprint density at radius 3 is 2.68 bits per heavy atom. The zero-order valence-electron chi connectivity index (χ0n) is 18.3. The molecule has 4 aliphatic rings. The number of aromatic nitrogens is 1. The summed E-state index contributed by atoms with van der Waals surface area (Å²) in [5.41, 5.74) is 2.45. The molecule has 5 heterocycles. The van der Waals surface area contributed by atoms with Gasteiger partial charge in [0.25, 0.3) is 0 Å². The second-order valence-electron chi connectivity index (χ2n) is 9.47. The topological polar surface area (TPSA) is 80.5 Å². The van der Waals surface area contributed by atoms with Gasteiger partial charge in [-0.1, -0.05) is 12.2 Å². The van der Waals surface area contributed by atoms with Crippen molar-refractivity contribution in [3.63, 3.8) is 0 Å². The van der Waals surface area contributed by atoms with Crippen LogP contribution in [0.5, 0.6) is 0 Å². The van der Waals surface area contributed by atoms with E-state index in [1.807, 2.05) is 41.9 Å². The molecule has 0 unspecified atom stereocenters. The highest BCUT2D eigenvalue weighted by atomic mass is 16.2. The maximum atomic E-state index is 13.6. The quantitative estimate of drug-likeness (QED) is 0.687. The Hall–Kier alpha value is -2.88. The van der Waals surface area contributed by atoms with E-state index < -0.39 is 6.04 Å². The van der Waals surface area contributed by atoms with Crippen LogP contribution >= 0.6 is 0 Å². The Bertz CT molecular complexity index is 988. The second-order valence-corrected chi connectivity index (χ2v) is 9.47. The molecule has 4 aliphatic heterocycles. The van der Waals surface area contributed by atoms with Crippen LogP contribution < -0.4 is 4.90 Å². The number of fused-ring (bicyclic) bond motifs is 4. The lowest BCUT2D eigenvalue weighted by molar-refractivity contribution is -0.160. The van der Waals surface area contributed by atoms with E-state index in [4.69, 9.17) is 4.98 Å². The van der Waals surface area contributed by atoms with Gasteiger partial charge in [0.05, 0.1) is 5.56 Å². The van der Waals surface area contributed by atoms with Crippen molar-refractivity contribution < 1.29 is 9.59 Å². The summed E-state index contributed by atoms with van der Waals surface area (Å²) in [6, 6.07) is 3.98. The molecule has 4 atom stereocenters. The number of hydrogen-bond donors (Lipinski definition) is 0. The molecule has 1 aromatic heterocycles. The van der Waals surface area contributed by atoms with Crippen molar-refractivity contribution in [1.82, 2.24) is 14.8 Å². The largest absolute Gasteiger partial charge is 0.355 e. The molecule has 3 fully saturated rings. The molecule has 1 aromatic rings. The summed E-state index contributed by atoms with van der Waals surface area (Å²) < 4.78 is 0. The summed E-state index contributed by atoms with van der Waals surface area (Å²) in [6.07, 6.45) is 7.37. The van der Waals surface area contributed by atoms with E-state index >= 15 is 0 Å². The molecular formula is C24H29N5O2. The van der Waals surface area contributed by atoms with E-state index in [-0.39, 0.29) is 23.8 Å². The molecular weight excluding hydrogens is 390 g/mol. The predicted octanol–water partition coefficient (Wildman–Crippen LogP) is 2.17. The number of carbonyl (C=O) groups is 2. The number of nitriles is 1. The van der Waals surface area contributed by atoms with Crippen LogP contribution in [0.1, 0.15) is 42.5 Å². The number of nitrogens with zero attached hydrogens (tertiary/aromatic N) is 5. The number of anilines is 1. The molecule has 0 saturated carbocycles. The lowest BCUT2D eigenvalue weighted by Crippen LogP contribution is -2.68. The van der Waals surface area contributed by atoms with Crippen LogP contribution in [0.15, 0.2) is 18.2 Å². The Morgan fingerprint density at radius 2 is 1.94 bits per heavy atom. The highest BCUT2D eigenvalue weighted by Crippen LogP contribution is 2.43. The highest BCUT2D eigenvalue weighted by Gasteiger charge is 2.53. The first-order chi connectivity index (χ1) is 15.0. The van der Waals surface area contributed by atoms with Crippen molar-refractivity contribution in [2.45, 2.75) is 51.6 Å². The average Bonchev–Trinajstić information content (AvgIpc) is 3.29. The first kappa shape index (κ1) is 20.0. The molecule has 0 aromatic carbocycles. The van der Waals surface area contributed by atoms with Crippen molar-refractivity contribution in [2.24, 2.45) is 11.8 Å². The predicted molar refractivity (Wildman–Crippen MR) is 116 cm³/mol. The highest BCUT2D eigenvalue weighted by molar-refractivity contribution is 5.89. The Balaban J connectivity index is 1.52. The van der Waals surface area contributed by atoms with E-state index in [1.165, 1.54) is 0 Å². The van der Waals surface area contributed by atoms with Gasteiger partial charge in [-0.05, 0) is 50.7 Å². The minimum Gasteiger partial charge on any atom is -0.355 e. The van der Waals surface area contributed by atoms with Crippen molar-refractivity contribution >= 4 is 17.6 Å². The zero-order chi connectivity index (χ0) is 21.7. The van der Waals surface area contributed by atoms with E-state index in [0.29, 0.717) is 37.5 Å². The van der Waals surface area contributed by atoms with Crippen molar-refractivity contribution in [3.8, 4) is 6.07 Å². The molecule has 2 amide bonds. The molecule has 7 heteroatoms. The van der Waals surface area contributed by atoms with Crippen LogP contribution in [0.25, 0.3) is 0 Å². The fourth-order valence-corrected chi connectivity index (χ4v) is 6.18. The third-order valence-corrected chi connectivity index (χ3v) is 7.46. The van der Waals surface area contributed by atoms with Gasteiger partial charge in [-0.25, -0.2) is 4.98 Å². The summed E-state index contributed by atoms with van der Waals surface area (Å²) >= 11 is 0. The second kappa shape index (κ2) is 7.67. The monoisotopic (exact) mass is 419 g/mol. The normalized spacial score (nSPS) is 29.7. The van der Waals surface area contributed by atoms with Crippen molar-refractivity contribution in [1.29, 1.82) is 5.26 Å². The number of carbonyl (C=O) groups excluding carboxylic acids is 2. The minimum absolute atomic E-state index is 0.0549. The molecule has 0 spiro atoms. The molecule has 0 aliphatic carbocycles. The molecule has 0 radical (unpaired) electrons. The van der Waals surface area contributed by atoms with Crippen LogP contribution in [-0.4, -0.2) is 64.9 Å². The standard InChI is InChI=1S/C24H29N5O2/c1-15-10-16(2)26-23(19(15)12-25)28-13-17-11-18(14-28)22(24(31)27-8-3-4-9-27)29-20(17)6-5-7-21(29)30/h3-4,10,17-18,20,22H,5-9,11,13-14H2,1-2H3/t17-,18+,20+,22-/m1/s1. The first-order valence-corrected chi connectivity index (χ1v) is 11.4. The SMILES string of the molecule is Cc1cc(C)c(C#N)c(N2C[C@H]3C[C@@H](C2)[C@H](C(=O)N2CC=CC2)N2C(=O)CCC[C@@H]32)n1. The van der Waals surface area contributed by atoms with E-state index in [9.17, 15) is 14.9 Å². The summed E-state index contributed by atoms with van der Waals surface area (Å²) in [5.74, 6) is 1.30. The van der Waals surface area contributed by atoms with Gasteiger partial charge in [-0.3, -0.25) is 9.59 Å². The molecule has 7 nitrogen and oxygen atoms in total. The summed E-state index contributed by atoms with van der Waals surface area (Å²) in [6.45, 7) is 6.58. The van der Waals surface area contributed by atoms with Gasteiger partial charge in [-0.15, -0.1) is 0 Å². The summed E-state index contributed by atoms with van der Waals surface area (Å²) in [4.78, 5) is 37.4. The molecule has 0 N–H and O–H groups in total. The van der Waals surface area contributed by atoms with E-state index in [1.54, 1.807) is 0 Å². The lowest BCUT2D eigenvalue weighted by Gasteiger charge is -2.56. The van der Waals surface area contributed by atoms with Crippen LogP contribution in [-0.2, 0) is 9.59 Å². The van der Waals surface area contributed by atoms with Gasteiger partial charge < -0.3 is 14.7 Å². The zero-order valence-corrected chi connectivity index (χ0v) is 18.3. The number of hydrogen-bond acceptors (Lipinski definition) is 5. The third-order valence-electron chi connectivity index (χ3n) is 7.46. The van der Waals surface area contributed by atoms with Crippen LogP contribution in [0.4, 0.5) is 5.82 Å². The van der Waals surface area contributed by atoms with Gasteiger partial charge in [0.15, 0.2) is 0 Å². The number of amides is 2. The molecule has 31 heavy (non-hydrogen) atoms. The Labute approximate surface area is 183 Å². The van der Waals surface area contributed by atoms with Crippen molar-refractivity contribution in [2.75, 3.05) is 31.1 Å². The van der Waals surface area contributed by atoms with Gasteiger partial charge in [0.2, 0.25) is 11.8 Å². The summed E-state index contributed by atoms with van der Waals surface area (Å²) in [5, 5.41) is 9.79. The molecule has 2 bridgehead atoms. The van der Waals surface area contributed by atoms with Gasteiger partial charge in [0.1, 0.15) is 17.9 Å². The molecule has 3 saturated heterocycles. The van der Waals surface area contributed by atoms with Gasteiger partial charge in [-0.2, -0.15) is 5.26 Å². The molecule has 162 valence electrons. The smallest absolute Gasteiger partial charge is 0.246 e. The maximum Gasteiger partial charge on any atom is 0.246 e. The van der Waals surface area contributed by atoms with Crippen LogP contribution in [0.3, 0.4) is 0 Å². The fourth-order valence-electron chi connectivity index (χ4n) is 6.18. The fraction of sp³-hybridized carbons (Fsp3) is 0.583. The third kappa shape index (κ3) is 3.29. The Morgan fingerprint density at radius 1 is 1.19 bits per heavy atom.